The Balaban J connectivity index is 2.21. The van der Waals surface area contributed by atoms with Crippen molar-refractivity contribution < 1.29 is 9.90 Å². The maximum atomic E-state index is 10.7. The molecule has 0 aromatic carbocycles. The summed E-state index contributed by atoms with van der Waals surface area (Å²) in [6.07, 6.45) is 4.06. The van der Waals surface area contributed by atoms with Crippen LogP contribution in [0.1, 0.15) is 25.7 Å². The highest BCUT2D eigenvalue weighted by molar-refractivity contribution is 9.10. The third kappa shape index (κ3) is 1.01. The van der Waals surface area contributed by atoms with Gasteiger partial charge >= 0.3 is 0 Å². The fourth-order valence-corrected chi connectivity index (χ4v) is 3.56. The summed E-state index contributed by atoms with van der Waals surface area (Å²) < 4.78 is -0.101. The van der Waals surface area contributed by atoms with Gasteiger partial charge in [0.05, 0.1) is 0 Å². The molecule has 0 saturated heterocycles. The van der Waals surface area contributed by atoms with Crippen LogP contribution in [0.4, 0.5) is 0 Å². The van der Waals surface area contributed by atoms with Crippen LogP contribution in [0, 0.1) is 11.8 Å². The molecule has 2 aliphatic carbocycles. The summed E-state index contributed by atoms with van der Waals surface area (Å²) in [5, 5.41) is 10.7. The number of carboxylic acids is 1. The third-order valence-electron chi connectivity index (χ3n) is 3.07. The Morgan fingerprint density at radius 2 is 2.36 bits per heavy atom. The van der Waals surface area contributed by atoms with Gasteiger partial charge in [-0.1, -0.05) is 15.9 Å². The first-order valence-electron chi connectivity index (χ1n) is 4.01. The van der Waals surface area contributed by atoms with E-state index in [0.717, 1.165) is 19.3 Å². The minimum Gasteiger partial charge on any atom is -0.550 e. The van der Waals surface area contributed by atoms with Crippen LogP contribution < -0.4 is 5.11 Å². The lowest BCUT2D eigenvalue weighted by Gasteiger charge is -2.29. The van der Waals surface area contributed by atoms with Crippen LogP contribution in [0.3, 0.4) is 0 Å². The Hall–Kier alpha value is -0.0500. The van der Waals surface area contributed by atoms with E-state index in [2.05, 4.69) is 15.9 Å². The van der Waals surface area contributed by atoms with Crippen molar-refractivity contribution in [3.05, 3.63) is 0 Å². The van der Waals surface area contributed by atoms with Gasteiger partial charge in [-0.05, 0) is 31.6 Å². The number of carboxylic acid groups (broad SMARTS) is 1. The minimum atomic E-state index is -0.871. The zero-order valence-electron chi connectivity index (χ0n) is 6.18. The lowest BCUT2D eigenvalue weighted by atomic mass is 9.89. The maximum absolute atomic E-state index is 10.7. The smallest absolute Gasteiger partial charge is 0.0459 e. The molecule has 62 valence electrons. The third-order valence-corrected chi connectivity index (χ3v) is 4.35. The first-order chi connectivity index (χ1) is 5.12. The Labute approximate surface area is 74.1 Å². The van der Waals surface area contributed by atoms with Crippen LogP contribution >= 0.6 is 15.9 Å². The minimum absolute atomic E-state index is 0.101. The highest BCUT2D eigenvalue weighted by Gasteiger charge is 2.50. The van der Waals surface area contributed by atoms with Gasteiger partial charge in [0.2, 0.25) is 0 Å². The van der Waals surface area contributed by atoms with Gasteiger partial charge in [-0.25, -0.2) is 0 Å². The summed E-state index contributed by atoms with van der Waals surface area (Å²) in [6, 6.07) is 0. The standard InChI is InChI=1S/C8H11BrO2/c9-8-2-1-5(4-8)3-6(8)7(10)11/h5-6H,1-4H2,(H,10,11)/p-1. The van der Waals surface area contributed by atoms with Gasteiger partial charge in [0.15, 0.2) is 0 Å². The Bertz CT molecular complexity index is 204. The molecule has 3 heteroatoms. The molecule has 2 nitrogen and oxygen atoms in total. The summed E-state index contributed by atoms with van der Waals surface area (Å²) in [7, 11) is 0. The van der Waals surface area contributed by atoms with Gasteiger partial charge in [-0.3, -0.25) is 0 Å². The zero-order chi connectivity index (χ0) is 8.06. The number of alkyl halides is 1. The highest BCUT2D eigenvalue weighted by atomic mass is 79.9. The second-order valence-corrected chi connectivity index (χ2v) is 5.33. The van der Waals surface area contributed by atoms with E-state index in [9.17, 15) is 9.90 Å². The predicted molar refractivity (Wildman–Crippen MR) is 42.1 cm³/mol. The predicted octanol–water partition coefficient (Wildman–Crippen LogP) is 0.690. The molecule has 2 bridgehead atoms. The normalized spacial score (nSPS) is 48.1. The van der Waals surface area contributed by atoms with E-state index < -0.39 is 5.97 Å². The molecule has 0 radical (unpaired) electrons. The zero-order valence-corrected chi connectivity index (χ0v) is 7.76. The second-order valence-electron chi connectivity index (χ2n) is 3.75. The van der Waals surface area contributed by atoms with E-state index in [0.29, 0.717) is 5.92 Å². The van der Waals surface area contributed by atoms with Crippen LogP contribution in [0.2, 0.25) is 0 Å². The number of carbonyl (C=O) groups is 1. The van der Waals surface area contributed by atoms with Crippen LogP contribution in [0.5, 0.6) is 0 Å². The molecule has 0 heterocycles. The molecule has 0 amide bonds. The number of fused-ring (bicyclic) bond motifs is 2. The summed E-state index contributed by atoms with van der Waals surface area (Å²) in [5.41, 5.74) is 0. The van der Waals surface area contributed by atoms with E-state index in [-0.39, 0.29) is 10.2 Å². The first-order valence-corrected chi connectivity index (χ1v) is 4.81. The summed E-state index contributed by atoms with van der Waals surface area (Å²) in [5.74, 6) is -0.470. The number of hydrogen-bond donors (Lipinski definition) is 0. The fraction of sp³-hybridized carbons (Fsp3) is 0.875. The maximum Gasteiger partial charge on any atom is 0.0459 e. The summed E-state index contributed by atoms with van der Waals surface area (Å²) in [4.78, 5) is 10.7. The van der Waals surface area contributed by atoms with Gasteiger partial charge in [-0.15, -0.1) is 0 Å². The van der Waals surface area contributed by atoms with Gasteiger partial charge in [0.25, 0.3) is 0 Å². The van der Waals surface area contributed by atoms with E-state index in [4.69, 9.17) is 0 Å². The number of carbonyl (C=O) groups excluding carboxylic acids is 1. The number of rotatable bonds is 1. The molecule has 2 aliphatic rings. The quantitative estimate of drug-likeness (QED) is 0.607. The van der Waals surface area contributed by atoms with Gasteiger partial charge < -0.3 is 9.90 Å². The Morgan fingerprint density at radius 1 is 1.64 bits per heavy atom. The van der Waals surface area contributed by atoms with Crippen LogP contribution in [0.15, 0.2) is 0 Å². The summed E-state index contributed by atoms with van der Waals surface area (Å²) in [6.45, 7) is 0. The van der Waals surface area contributed by atoms with Crippen LogP contribution in [-0.4, -0.2) is 10.3 Å². The molecular weight excluding hydrogens is 208 g/mol. The van der Waals surface area contributed by atoms with E-state index in [1.165, 1.54) is 6.42 Å². The van der Waals surface area contributed by atoms with Crippen molar-refractivity contribution in [2.45, 2.75) is 30.0 Å². The van der Waals surface area contributed by atoms with E-state index in [1.54, 1.807) is 0 Å². The van der Waals surface area contributed by atoms with Crippen molar-refractivity contribution in [1.82, 2.24) is 0 Å². The molecule has 2 saturated carbocycles. The largest absolute Gasteiger partial charge is 0.550 e. The molecule has 0 aromatic rings. The monoisotopic (exact) mass is 217 g/mol. The topological polar surface area (TPSA) is 40.1 Å². The Kier molecular flexibility index (Phi) is 1.53. The molecule has 0 aliphatic heterocycles. The number of aliphatic carboxylic acids is 1. The van der Waals surface area contributed by atoms with Crippen LogP contribution in [-0.2, 0) is 4.79 Å². The molecule has 11 heavy (non-hydrogen) atoms. The van der Waals surface area contributed by atoms with Crippen molar-refractivity contribution in [1.29, 1.82) is 0 Å². The molecule has 2 rings (SSSR count). The fourth-order valence-electron chi connectivity index (χ4n) is 2.50. The Morgan fingerprint density at radius 3 is 2.64 bits per heavy atom. The first kappa shape index (κ1) is 7.59. The SMILES string of the molecule is O=C([O-])C1CC2CCC1(Br)C2. The average molecular weight is 218 g/mol. The molecule has 0 aromatic heterocycles. The lowest BCUT2D eigenvalue weighted by molar-refractivity contribution is -0.312. The average Bonchev–Trinajstić information content (AvgIpc) is 2.41. The lowest BCUT2D eigenvalue weighted by Crippen LogP contribution is -2.41. The van der Waals surface area contributed by atoms with Crippen molar-refractivity contribution in [2.75, 3.05) is 0 Å². The number of halogens is 1. The van der Waals surface area contributed by atoms with Crippen LogP contribution in [0.25, 0.3) is 0 Å². The molecule has 0 spiro atoms. The van der Waals surface area contributed by atoms with Gasteiger partial charge in [-0.2, -0.15) is 0 Å². The number of hydrogen-bond acceptors (Lipinski definition) is 2. The molecule has 0 N–H and O–H groups in total. The molecule has 3 unspecified atom stereocenters. The van der Waals surface area contributed by atoms with E-state index in [1.807, 2.05) is 0 Å². The van der Waals surface area contributed by atoms with Crippen molar-refractivity contribution in [3.63, 3.8) is 0 Å². The van der Waals surface area contributed by atoms with Gasteiger partial charge in [0.1, 0.15) is 0 Å². The molecule has 3 atom stereocenters. The van der Waals surface area contributed by atoms with Crippen molar-refractivity contribution in [2.24, 2.45) is 11.8 Å². The second kappa shape index (κ2) is 2.22. The van der Waals surface area contributed by atoms with Crippen molar-refractivity contribution >= 4 is 21.9 Å². The van der Waals surface area contributed by atoms with Gasteiger partial charge in [0, 0.05) is 16.2 Å². The summed E-state index contributed by atoms with van der Waals surface area (Å²) >= 11 is 3.53. The highest BCUT2D eigenvalue weighted by Crippen LogP contribution is 2.56. The molecule has 2 fully saturated rings. The van der Waals surface area contributed by atoms with Crippen molar-refractivity contribution in [3.8, 4) is 0 Å². The van der Waals surface area contributed by atoms with E-state index >= 15 is 0 Å². The molecular formula is C8H10BrO2-.